The molecule has 0 heterocycles. The van der Waals surface area contributed by atoms with Crippen LogP contribution in [-0.4, -0.2) is 5.91 Å². The molecule has 0 atom stereocenters. The topological polar surface area (TPSA) is 90.9 Å². The van der Waals surface area contributed by atoms with Gasteiger partial charge in [-0.25, -0.2) is 5.84 Å². The standard InChI is InChI=1S/C5H7BrN4O/c1-3(11)9-4(2-7)5(6)10-8/h10H,8H2,1H3,(H,9,11)/b5-4-. The van der Waals surface area contributed by atoms with Crippen LogP contribution in [0.4, 0.5) is 0 Å². The molecule has 5 nitrogen and oxygen atoms in total. The zero-order chi connectivity index (χ0) is 8.85. The number of carbonyl (C=O) groups excluding carboxylic acids is 1. The van der Waals surface area contributed by atoms with Crippen molar-refractivity contribution in [2.24, 2.45) is 5.84 Å². The fraction of sp³-hybridized carbons (Fsp3) is 0.200. The smallest absolute Gasteiger partial charge is 0.221 e. The van der Waals surface area contributed by atoms with Crippen LogP contribution in [0, 0.1) is 11.3 Å². The minimum atomic E-state index is -0.325. The van der Waals surface area contributed by atoms with Crippen LogP contribution in [0.2, 0.25) is 0 Å². The third-order valence-electron chi connectivity index (χ3n) is 0.759. The lowest BCUT2D eigenvalue weighted by Gasteiger charge is -2.01. The van der Waals surface area contributed by atoms with Gasteiger partial charge in [-0.1, -0.05) is 0 Å². The molecule has 0 rings (SSSR count). The van der Waals surface area contributed by atoms with Gasteiger partial charge in [-0.05, 0) is 15.9 Å². The van der Waals surface area contributed by atoms with Crippen LogP contribution >= 0.6 is 15.9 Å². The Kier molecular flexibility index (Phi) is 4.26. The summed E-state index contributed by atoms with van der Waals surface area (Å²) in [6.07, 6.45) is 0. The molecule has 60 valence electrons. The Hall–Kier alpha value is -1.06. The molecule has 4 N–H and O–H groups in total. The van der Waals surface area contributed by atoms with Crippen LogP contribution in [0.25, 0.3) is 0 Å². The zero-order valence-corrected chi connectivity index (χ0v) is 7.40. The highest BCUT2D eigenvalue weighted by molar-refractivity contribution is 9.11. The van der Waals surface area contributed by atoms with Crippen molar-refractivity contribution in [3.05, 3.63) is 10.3 Å². The Bertz CT molecular complexity index is 229. The number of rotatable bonds is 2. The Morgan fingerprint density at radius 2 is 2.27 bits per heavy atom. The SMILES string of the molecule is CC(=O)N/C(C#N)=C(/Br)NN. The van der Waals surface area contributed by atoms with E-state index in [-0.39, 0.29) is 16.2 Å². The largest absolute Gasteiger partial charge is 0.316 e. The average molecular weight is 219 g/mol. The molecular formula is C5H7BrN4O. The first kappa shape index (κ1) is 9.94. The van der Waals surface area contributed by atoms with Gasteiger partial charge in [0.1, 0.15) is 10.7 Å². The van der Waals surface area contributed by atoms with E-state index >= 15 is 0 Å². The Morgan fingerprint density at radius 3 is 2.55 bits per heavy atom. The molecule has 11 heavy (non-hydrogen) atoms. The van der Waals surface area contributed by atoms with Crippen LogP contribution in [0.3, 0.4) is 0 Å². The molecule has 0 saturated heterocycles. The van der Waals surface area contributed by atoms with Gasteiger partial charge in [-0.15, -0.1) is 0 Å². The van der Waals surface area contributed by atoms with E-state index in [4.69, 9.17) is 11.1 Å². The number of nitrogens with two attached hydrogens (primary N) is 1. The minimum Gasteiger partial charge on any atom is -0.316 e. The highest BCUT2D eigenvalue weighted by Gasteiger charge is 2.02. The highest BCUT2D eigenvalue weighted by Crippen LogP contribution is 2.02. The molecule has 0 bridgehead atoms. The van der Waals surface area contributed by atoms with Crippen molar-refractivity contribution >= 4 is 21.8 Å². The van der Waals surface area contributed by atoms with Crippen molar-refractivity contribution in [3.8, 4) is 6.07 Å². The number of hydrogen-bond donors (Lipinski definition) is 3. The monoisotopic (exact) mass is 218 g/mol. The zero-order valence-electron chi connectivity index (χ0n) is 5.81. The quantitative estimate of drug-likeness (QED) is 0.257. The number of hydrazine groups is 1. The summed E-state index contributed by atoms with van der Waals surface area (Å²) in [7, 11) is 0. The van der Waals surface area contributed by atoms with Gasteiger partial charge >= 0.3 is 0 Å². The molecule has 0 fully saturated rings. The summed E-state index contributed by atoms with van der Waals surface area (Å²) < 4.78 is 0.246. The van der Waals surface area contributed by atoms with Gasteiger partial charge in [0.15, 0.2) is 5.70 Å². The minimum absolute atomic E-state index is 0.0556. The summed E-state index contributed by atoms with van der Waals surface area (Å²) in [5.41, 5.74) is 2.24. The molecule has 0 aliphatic carbocycles. The summed E-state index contributed by atoms with van der Waals surface area (Å²) in [6, 6.07) is 1.74. The molecule has 0 unspecified atom stereocenters. The first-order valence-corrected chi connectivity index (χ1v) is 3.45. The van der Waals surface area contributed by atoms with Crippen molar-refractivity contribution in [2.75, 3.05) is 0 Å². The predicted molar refractivity (Wildman–Crippen MR) is 42.7 cm³/mol. The number of halogens is 1. The van der Waals surface area contributed by atoms with E-state index in [0.717, 1.165) is 0 Å². The number of nitrogens with one attached hydrogen (secondary N) is 2. The Labute approximate surface area is 72.3 Å². The molecule has 0 aliphatic heterocycles. The average Bonchev–Trinajstić information content (AvgIpc) is 1.98. The summed E-state index contributed by atoms with van der Waals surface area (Å²) in [5.74, 6) is 4.64. The number of nitriles is 1. The van der Waals surface area contributed by atoms with Gasteiger partial charge in [0.05, 0.1) is 0 Å². The van der Waals surface area contributed by atoms with E-state index < -0.39 is 0 Å². The van der Waals surface area contributed by atoms with Crippen molar-refractivity contribution < 1.29 is 4.79 Å². The van der Waals surface area contributed by atoms with E-state index in [9.17, 15) is 4.79 Å². The molecule has 0 spiro atoms. The molecule has 0 aromatic rings. The molecule has 0 aromatic heterocycles. The second-order valence-corrected chi connectivity index (χ2v) is 2.42. The summed E-state index contributed by atoms with van der Waals surface area (Å²) in [6.45, 7) is 1.30. The van der Waals surface area contributed by atoms with Gasteiger partial charge in [0.25, 0.3) is 0 Å². The van der Waals surface area contributed by atoms with Crippen LogP contribution in [0.15, 0.2) is 10.3 Å². The van der Waals surface area contributed by atoms with Crippen molar-refractivity contribution in [1.29, 1.82) is 5.26 Å². The van der Waals surface area contributed by atoms with Crippen LogP contribution in [0.1, 0.15) is 6.92 Å². The molecular weight excluding hydrogens is 212 g/mol. The van der Waals surface area contributed by atoms with Gasteiger partial charge in [0.2, 0.25) is 5.91 Å². The van der Waals surface area contributed by atoms with Crippen LogP contribution < -0.4 is 16.6 Å². The first-order chi connectivity index (χ1) is 5.11. The third-order valence-corrected chi connectivity index (χ3v) is 1.38. The van der Waals surface area contributed by atoms with Gasteiger partial charge in [-0.3, -0.25) is 4.79 Å². The van der Waals surface area contributed by atoms with Crippen LogP contribution in [-0.2, 0) is 4.79 Å². The van der Waals surface area contributed by atoms with Crippen molar-refractivity contribution in [3.63, 3.8) is 0 Å². The van der Waals surface area contributed by atoms with E-state index in [2.05, 4.69) is 26.7 Å². The second-order valence-electron chi connectivity index (χ2n) is 1.63. The highest BCUT2D eigenvalue weighted by atomic mass is 79.9. The maximum absolute atomic E-state index is 10.4. The fourth-order valence-corrected chi connectivity index (χ4v) is 0.568. The lowest BCUT2D eigenvalue weighted by molar-refractivity contribution is -0.118. The Morgan fingerprint density at radius 1 is 1.73 bits per heavy atom. The predicted octanol–water partition coefficient (Wildman–Crippen LogP) is -0.327. The summed E-state index contributed by atoms with van der Waals surface area (Å²) >= 11 is 2.94. The van der Waals surface area contributed by atoms with Crippen molar-refractivity contribution in [1.82, 2.24) is 10.7 Å². The summed E-state index contributed by atoms with van der Waals surface area (Å²) in [5, 5.41) is 10.7. The Balaban J connectivity index is 4.43. The third kappa shape index (κ3) is 3.60. The molecule has 1 amide bonds. The normalized spacial score (nSPS) is 11.1. The first-order valence-electron chi connectivity index (χ1n) is 2.66. The van der Waals surface area contributed by atoms with E-state index in [1.807, 2.05) is 0 Å². The van der Waals surface area contributed by atoms with Crippen LogP contribution in [0.5, 0.6) is 0 Å². The number of hydrogen-bond acceptors (Lipinski definition) is 4. The molecule has 6 heteroatoms. The number of nitrogens with zero attached hydrogens (tertiary/aromatic N) is 1. The van der Waals surface area contributed by atoms with Gasteiger partial charge in [-0.2, -0.15) is 5.26 Å². The summed E-state index contributed by atoms with van der Waals surface area (Å²) in [4.78, 5) is 10.4. The maximum Gasteiger partial charge on any atom is 0.221 e. The molecule has 0 saturated carbocycles. The van der Waals surface area contributed by atoms with E-state index in [1.165, 1.54) is 6.92 Å². The van der Waals surface area contributed by atoms with Gasteiger partial charge < -0.3 is 10.7 Å². The van der Waals surface area contributed by atoms with Gasteiger partial charge in [0, 0.05) is 6.92 Å². The molecule has 0 aromatic carbocycles. The number of carbonyl (C=O) groups is 1. The lowest BCUT2D eigenvalue weighted by atomic mass is 10.5. The lowest BCUT2D eigenvalue weighted by Crippen LogP contribution is -2.26. The number of allylic oxidation sites excluding steroid dienone is 1. The second kappa shape index (κ2) is 4.71. The molecule has 0 radical (unpaired) electrons. The van der Waals surface area contributed by atoms with E-state index in [0.29, 0.717) is 0 Å². The number of amides is 1. The van der Waals surface area contributed by atoms with Crippen molar-refractivity contribution in [2.45, 2.75) is 6.92 Å². The maximum atomic E-state index is 10.4. The molecule has 0 aliphatic rings. The fourth-order valence-electron chi connectivity index (χ4n) is 0.380. The van der Waals surface area contributed by atoms with E-state index in [1.54, 1.807) is 6.07 Å².